The number of carbonyl (C=O) groups excluding carboxylic acids is 6. The van der Waals surface area contributed by atoms with E-state index in [2.05, 4.69) is 38.1 Å². The number of aromatic nitrogens is 4. The van der Waals surface area contributed by atoms with E-state index in [1.54, 1.807) is 86.6 Å². The Labute approximate surface area is 546 Å². The van der Waals surface area contributed by atoms with Crippen LogP contribution < -0.4 is 25.8 Å². The topological polar surface area (TPSA) is 347 Å². The summed E-state index contributed by atoms with van der Waals surface area (Å²) in [5.74, 6) is -5.71. The number of nitrogens with zero attached hydrogens (tertiary/aromatic N) is 10. The van der Waals surface area contributed by atoms with Gasteiger partial charge in [0.2, 0.25) is 23.7 Å². The van der Waals surface area contributed by atoms with Gasteiger partial charge in [-0.15, -0.1) is 0 Å². The second kappa shape index (κ2) is 25.7. The van der Waals surface area contributed by atoms with Gasteiger partial charge in [-0.3, -0.25) is 42.7 Å². The van der Waals surface area contributed by atoms with Crippen molar-refractivity contribution in [2.24, 2.45) is 5.92 Å². The fraction of sp³-hybridized carbons (Fsp3) is 0.349. The predicted molar refractivity (Wildman–Crippen MR) is 334 cm³/mol. The van der Waals surface area contributed by atoms with Gasteiger partial charge in [0, 0.05) is 59.5 Å². The Balaban J connectivity index is 0.000000182. The average molecular weight is 1330 g/mol. The quantitative estimate of drug-likeness (QED) is 0.0626. The number of benzene rings is 4. The fourth-order valence-electron chi connectivity index (χ4n) is 12.0. The molecular weight excluding hydrogens is 1270 g/mol. The van der Waals surface area contributed by atoms with Crippen molar-refractivity contribution < 1.29 is 58.5 Å². The molecule has 0 bridgehead atoms. The Bertz CT molecular complexity index is 4070. The molecule has 4 aromatic carbocycles. The summed E-state index contributed by atoms with van der Waals surface area (Å²) < 4.78 is 3.06. The van der Waals surface area contributed by atoms with Gasteiger partial charge in [0.25, 0.3) is 23.6 Å². The first kappa shape index (κ1) is 65.6. The van der Waals surface area contributed by atoms with Gasteiger partial charge in [-0.25, -0.2) is 29.4 Å². The van der Waals surface area contributed by atoms with Crippen molar-refractivity contribution in [3.05, 3.63) is 151 Å². The number of carbonyl (C=O) groups is 9. The minimum absolute atomic E-state index is 0.0315. The third-order valence-electron chi connectivity index (χ3n) is 17.2. The first-order chi connectivity index (χ1) is 43.7. The van der Waals surface area contributed by atoms with Crippen LogP contribution in [-0.4, -0.2) is 147 Å². The number of aliphatic carboxylic acids is 3. The normalized spacial score (nSPS) is 21.2. The second-order valence-corrected chi connectivity index (χ2v) is 25.4. The number of hydrogen-bond acceptors (Lipinski definition) is 14. The minimum Gasteiger partial charge on any atom is -0.481 e. The van der Waals surface area contributed by atoms with Gasteiger partial charge in [0.15, 0.2) is 0 Å². The lowest BCUT2D eigenvalue weighted by atomic mass is 9.91. The molecule has 92 heavy (non-hydrogen) atoms. The van der Waals surface area contributed by atoms with Crippen molar-refractivity contribution in [2.45, 2.75) is 100 Å². The lowest BCUT2D eigenvalue weighted by molar-refractivity contribution is -0.156. The number of carboxylic acids is 3. The predicted octanol–water partition coefficient (Wildman–Crippen LogP) is 7.22. The molecule has 4 fully saturated rings. The number of anilines is 4. The maximum atomic E-state index is 14.3. The van der Waals surface area contributed by atoms with Gasteiger partial charge in [-0.2, -0.15) is 10.5 Å². The average Bonchev–Trinajstić information content (AvgIpc) is 1.56. The number of imidazole rings is 2. The van der Waals surface area contributed by atoms with E-state index < -0.39 is 75.6 Å². The molecule has 6 amide bonds. The molecule has 2 aliphatic carbocycles. The van der Waals surface area contributed by atoms with Crippen LogP contribution in [-0.2, 0) is 57.5 Å². The van der Waals surface area contributed by atoms with Gasteiger partial charge in [0.05, 0.1) is 59.5 Å². The van der Waals surface area contributed by atoms with Gasteiger partial charge < -0.3 is 41.1 Å². The molecule has 476 valence electrons. The van der Waals surface area contributed by atoms with E-state index in [1.165, 1.54) is 60.2 Å². The van der Waals surface area contributed by atoms with Gasteiger partial charge in [-0.1, -0.05) is 70.7 Å². The van der Waals surface area contributed by atoms with Crippen LogP contribution in [0.1, 0.15) is 103 Å². The highest BCUT2D eigenvalue weighted by Gasteiger charge is 2.58. The van der Waals surface area contributed by atoms with Crippen molar-refractivity contribution in [1.29, 1.82) is 10.5 Å². The summed E-state index contributed by atoms with van der Waals surface area (Å²) in [6.45, 7) is 6.24. The van der Waals surface area contributed by atoms with Crippen LogP contribution in [0, 0.1) is 28.6 Å². The van der Waals surface area contributed by atoms with E-state index in [0.717, 1.165) is 30.5 Å². The van der Waals surface area contributed by atoms with Crippen molar-refractivity contribution in [1.82, 2.24) is 44.9 Å². The SMILES string of the molecule is CC(=O)N1CCN(C(=O)C2(NC(=O)c3cnc4n3[C@](C)(Cc3ccc(C#N)cc3)C(=O)N4c3cc(Cl)cc(Cl)c3)CC2)CC1C(=O)O.C[C@@]1(Cc2ccc(C#N)cc2)C(=O)N(c2cc(Cl)cc(Cl)c2)c2ncc(C(=O)NC3(C(=O)O)CC3)n21.O=C(O)C1CCCNC1. The molecule has 2 saturated carbocycles. The highest BCUT2D eigenvalue weighted by atomic mass is 35.5. The maximum absolute atomic E-state index is 14.3. The van der Waals surface area contributed by atoms with E-state index >= 15 is 0 Å². The zero-order chi connectivity index (χ0) is 66.4. The van der Waals surface area contributed by atoms with Gasteiger partial charge >= 0.3 is 17.9 Å². The Morgan fingerprint density at radius 2 is 1.08 bits per heavy atom. The highest BCUT2D eigenvalue weighted by Crippen LogP contribution is 2.47. The summed E-state index contributed by atoms with van der Waals surface area (Å²) in [4.78, 5) is 129. The van der Waals surface area contributed by atoms with E-state index in [1.807, 2.05) is 0 Å². The number of carboxylic acid groups (broad SMARTS) is 3. The molecule has 6 N–H and O–H groups in total. The number of nitriles is 2. The molecule has 6 aliphatic rings. The number of rotatable bonds is 14. The summed E-state index contributed by atoms with van der Waals surface area (Å²) >= 11 is 25.0. The number of fused-ring (bicyclic) bond motifs is 2. The van der Waals surface area contributed by atoms with Crippen molar-refractivity contribution in [2.75, 3.05) is 42.5 Å². The Morgan fingerprint density at radius 1 is 0.641 bits per heavy atom. The third kappa shape index (κ3) is 12.8. The summed E-state index contributed by atoms with van der Waals surface area (Å²) in [5, 5.41) is 55.8. The van der Waals surface area contributed by atoms with Crippen LogP contribution in [0.3, 0.4) is 0 Å². The molecule has 12 rings (SSSR count). The zero-order valence-corrected chi connectivity index (χ0v) is 52.6. The van der Waals surface area contributed by atoms with Crippen molar-refractivity contribution >= 4 is 123 Å². The molecule has 0 radical (unpaired) electrons. The molecule has 29 heteroatoms. The molecule has 4 atom stereocenters. The van der Waals surface area contributed by atoms with Crippen molar-refractivity contribution in [3.63, 3.8) is 0 Å². The van der Waals surface area contributed by atoms with Crippen LogP contribution in [0.5, 0.6) is 0 Å². The van der Waals surface area contributed by atoms with E-state index in [4.69, 9.17) is 56.8 Å². The molecule has 6 heterocycles. The van der Waals surface area contributed by atoms with E-state index in [-0.39, 0.29) is 67.6 Å². The standard InChI is InChI=1S/C32H29Cl2N7O6.C25H19Cl2N5O4.C6H11NO2/c1-18(42)39-10-9-38(17-25(39)27(44)45)29(47)32(7-8-32)37-26(43)24-16-36-30-40(23-12-21(33)11-22(34)13-23)28(46)31(2,41(24)30)14-19-3-5-20(15-35)6-4-19;1-24(11-14-2-4-15(12-28)5-3-14)21(34)31(18-9-16(26)8-17(27)10-18)23-29-13-19(32(23)24)20(33)30-25(6-7-25)22(35)36;8-6(9)5-2-1-3-7-4-5/h3-6,11-13,16,25H,7-10,14,17H2,1-2H3,(H,37,43)(H,44,45);2-5,8-10,13H,6-7,11H2,1H3,(H,30,33)(H,35,36);5,7H,1-4H2,(H,8,9)/t25?,31-;24-;/m11./s1. The molecule has 2 saturated heterocycles. The van der Waals surface area contributed by atoms with E-state index in [9.17, 15) is 58.6 Å². The summed E-state index contributed by atoms with van der Waals surface area (Å²) in [6.07, 6.45) is 6.11. The second-order valence-electron chi connectivity index (χ2n) is 23.7. The summed E-state index contributed by atoms with van der Waals surface area (Å²) in [6, 6.07) is 25.8. The van der Waals surface area contributed by atoms with Crippen LogP contribution in [0.4, 0.5) is 23.3 Å². The minimum atomic E-state index is -1.38. The first-order valence-electron chi connectivity index (χ1n) is 29.0. The zero-order valence-electron chi connectivity index (χ0n) is 49.6. The molecule has 4 aliphatic heterocycles. The Hall–Kier alpha value is -9.37. The maximum Gasteiger partial charge on any atom is 0.329 e. The number of piperazine rings is 1. The van der Waals surface area contributed by atoms with E-state index in [0.29, 0.717) is 74.8 Å². The summed E-state index contributed by atoms with van der Waals surface area (Å²) in [7, 11) is 0. The lowest BCUT2D eigenvalue weighted by Gasteiger charge is -2.40. The lowest BCUT2D eigenvalue weighted by Crippen LogP contribution is -2.62. The molecule has 2 unspecified atom stereocenters. The van der Waals surface area contributed by atoms with Crippen LogP contribution >= 0.6 is 46.4 Å². The largest absolute Gasteiger partial charge is 0.481 e. The first-order valence-corrected chi connectivity index (χ1v) is 30.5. The third-order valence-corrected chi connectivity index (χ3v) is 18.0. The van der Waals surface area contributed by atoms with Crippen LogP contribution in [0.25, 0.3) is 0 Å². The van der Waals surface area contributed by atoms with Crippen LogP contribution in [0.2, 0.25) is 20.1 Å². The monoisotopic (exact) mass is 1330 g/mol. The number of hydrogen-bond donors (Lipinski definition) is 6. The molecule has 25 nitrogen and oxygen atoms in total. The van der Waals surface area contributed by atoms with Gasteiger partial charge in [0.1, 0.15) is 39.6 Å². The fourth-order valence-corrected chi connectivity index (χ4v) is 13.0. The molecule has 2 aromatic heterocycles. The Morgan fingerprint density at radius 3 is 1.42 bits per heavy atom. The summed E-state index contributed by atoms with van der Waals surface area (Å²) in [5.41, 5.74) is -2.04. The number of amides is 6. The Kier molecular flexibility index (Phi) is 18.3. The number of nitrogens with one attached hydrogen (secondary N) is 3. The smallest absolute Gasteiger partial charge is 0.329 e. The van der Waals surface area contributed by atoms with Crippen molar-refractivity contribution in [3.8, 4) is 12.1 Å². The number of halogens is 4. The highest BCUT2D eigenvalue weighted by molar-refractivity contribution is 6.36. The van der Waals surface area contributed by atoms with Gasteiger partial charge in [-0.05, 0) is 131 Å². The molecule has 0 spiro atoms. The number of piperidine rings is 1. The van der Waals surface area contributed by atoms with Crippen LogP contribution in [0.15, 0.2) is 97.3 Å². The molecule has 6 aromatic rings. The molecular formula is C63H59Cl4N13O12.